The van der Waals surface area contributed by atoms with E-state index in [1.165, 1.54) is 11.3 Å². The Morgan fingerprint density at radius 2 is 1.68 bits per heavy atom. The van der Waals surface area contributed by atoms with E-state index in [1.54, 1.807) is 41.8 Å². The molecule has 0 unspecified atom stereocenters. The molecule has 126 valence electrons. The van der Waals surface area contributed by atoms with Crippen LogP contribution < -0.4 is 15.6 Å². The molecule has 0 radical (unpaired) electrons. The number of benzene rings is 2. The Hall–Kier alpha value is -3.12. The van der Waals surface area contributed by atoms with Gasteiger partial charge in [0.05, 0.1) is 4.88 Å². The zero-order chi connectivity index (χ0) is 17.5. The monoisotopic (exact) mass is 352 g/mol. The van der Waals surface area contributed by atoms with E-state index in [2.05, 4.69) is 10.9 Å². The van der Waals surface area contributed by atoms with Crippen molar-refractivity contribution < 1.29 is 14.3 Å². The van der Waals surface area contributed by atoms with E-state index in [0.29, 0.717) is 22.8 Å². The van der Waals surface area contributed by atoms with Gasteiger partial charge in [0.1, 0.15) is 12.4 Å². The predicted octanol–water partition coefficient (Wildman–Crippen LogP) is 3.40. The number of hydrazine groups is 1. The van der Waals surface area contributed by atoms with Crippen molar-refractivity contribution in [2.45, 2.75) is 6.61 Å². The van der Waals surface area contributed by atoms with Crippen molar-refractivity contribution in [2.24, 2.45) is 0 Å². The third kappa shape index (κ3) is 4.68. The quantitative estimate of drug-likeness (QED) is 0.692. The van der Waals surface area contributed by atoms with Crippen LogP contribution in [0.1, 0.15) is 25.6 Å². The SMILES string of the molecule is O=C(NNC(=O)c1cccs1)c1cccc(OCc2ccccc2)c1. The summed E-state index contributed by atoms with van der Waals surface area (Å²) in [5.74, 6) is -0.170. The van der Waals surface area contributed by atoms with Gasteiger partial charge in [0.2, 0.25) is 0 Å². The fourth-order valence-corrected chi connectivity index (χ4v) is 2.74. The lowest BCUT2D eigenvalue weighted by Gasteiger charge is -2.09. The summed E-state index contributed by atoms with van der Waals surface area (Å²) in [5, 5.41) is 1.80. The van der Waals surface area contributed by atoms with Crippen molar-refractivity contribution in [1.29, 1.82) is 0 Å². The number of ether oxygens (including phenoxy) is 1. The molecule has 1 aromatic heterocycles. The molecule has 0 bridgehead atoms. The van der Waals surface area contributed by atoms with Crippen LogP contribution in [0.2, 0.25) is 0 Å². The summed E-state index contributed by atoms with van der Waals surface area (Å²) >= 11 is 1.30. The molecule has 3 rings (SSSR count). The number of hydrogen-bond donors (Lipinski definition) is 2. The summed E-state index contributed by atoms with van der Waals surface area (Å²) in [6.45, 7) is 0.418. The highest BCUT2D eigenvalue weighted by Crippen LogP contribution is 2.15. The Balaban J connectivity index is 1.56. The fourth-order valence-electron chi connectivity index (χ4n) is 2.12. The van der Waals surface area contributed by atoms with Crippen molar-refractivity contribution in [2.75, 3.05) is 0 Å². The van der Waals surface area contributed by atoms with E-state index >= 15 is 0 Å². The normalized spacial score (nSPS) is 10.1. The van der Waals surface area contributed by atoms with Gasteiger partial charge in [-0.3, -0.25) is 20.4 Å². The molecule has 0 aliphatic carbocycles. The second-order valence-corrected chi connectivity index (χ2v) is 6.14. The summed E-state index contributed by atoms with van der Waals surface area (Å²) in [7, 11) is 0. The number of nitrogens with one attached hydrogen (secondary N) is 2. The van der Waals surface area contributed by atoms with Crippen LogP contribution in [0.25, 0.3) is 0 Å². The van der Waals surface area contributed by atoms with Crippen molar-refractivity contribution in [3.8, 4) is 5.75 Å². The van der Waals surface area contributed by atoms with Crippen molar-refractivity contribution in [1.82, 2.24) is 10.9 Å². The molecular weight excluding hydrogens is 336 g/mol. The standard InChI is InChI=1S/C19H16N2O3S/c22-18(20-21-19(23)17-10-5-11-25-17)15-8-4-9-16(12-15)24-13-14-6-2-1-3-7-14/h1-12H,13H2,(H,20,22)(H,21,23). The minimum atomic E-state index is -0.407. The van der Waals surface area contributed by atoms with Gasteiger partial charge in [0.25, 0.3) is 11.8 Å². The maximum atomic E-state index is 12.2. The molecule has 2 N–H and O–H groups in total. The van der Waals surface area contributed by atoms with Crippen LogP contribution in [0.4, 0.5) is 0 Å². The number of amides is 2. The Kier molecular flexibility index (Phi) is 5.43. The maximum absolute atomic E-state index is 12.2. The van der Waals surface area contributed by atoms with Gasteiger partial charge in [0, 0.05) is 5.56 Å². The Labute approximate surface area is 149 Å². The molecular formula is C19H16N2O3S. The Morgan fingerprint density at radius 3 is 2.44 bits per heavy atom. The third-order valence-electron chi connectivity index (χ3n) is 3.38. The van der Waals surface area contributed by atoms with Crippen LogP contribution in [-0.2, 0) is 6.61 Å². The molecule has 0 spiro atoms. The van der Waals surface area contributed by atoms with Crippen LogP contribution in [0, 0.1) is 0 Å². The molecule has 0 saturated carbocycles. The Morgan fingerprint density at radius 1 is 0.880 bits per heavy atom. The first-order valence-electron chi connectivity index (χ1n) is 7.63. The molecule has 25 heavy (non-hydrogen) atoms. The molecule has 0 saturated heterocycles. The number of thiophene rings is 1. The zero-order valence-corrected chi connectivity index (χ0v) is 14.1. The lowest BCUT2D eigenvalue weighted by molar-refractivity contribution is 0.0848. The van der Waals surface area contributed by atoms with E-state index < -0.39 is 5.91 Å². The molecule has 0 atom stereocenters. The molecule has 2 aromatic carbocycles. The topological polar surface area (TPSA) is 67.4 Å². The van der Waals surface area contributed by atoms with Gasteiger partial charge in [-0.25, -0.2) is 0 Å². The van der Waals surface area contributed by atoms with E-state index in [0.717, 1.165) is 5.56 Å². The molecule has 0 fully saturated rings. The van der Waals surface area contributed by atoms with Crippen molar-refractivity contribution >= 4 is 23.2 Å². The van der Waals surface area contributed by atoms with Crippen molar-refractivity contribution in [3.05, 3.63) is 88.1 Å². The van der Waals surface area contributed by atoms with Gasteiger partial charge >= 0.3 is 0 Å². The highest BCUT2D eigenvalue weighted by molar-refractivity contribution is 7.12. The molecule has 0 aliphatic heterocycles. The van der Waals surface area contributed by atoms with Crippen LogP contribution in [0.3, 0.4) is 0 Å². The predicted molar refractivity (Wildman–Crippen MR) is 96.5 cm³/mol. The fraction of sp³-hybridized carbons (Fsp3) is 0.0526. The van der Waals surface area contributed by atoms with Gasteiger partial charge in [0.15, 0.2) is 0 Å². The van der Waals surface area contributed by atoms with Crippen LogP contribution >= 0.6 is 11.3 Å². The second kappa shape index (κ2) is 8.12. The molecule has 0 aliphatic rings. The lowest BCUT2D eigenvalue weighted by Crippen LogP contribution is -2.41. The summed E-state index contributed by atoms with van der Waals surface area (Å²) in [6.07, 6.45) is 0. The third-order valence-corrected chi connectivity index (χ3v) is 4.25. The number of carbonyl (C=O) groups is 2. The van der Waals surface area contributed by atoms with E-state index in [-0.39, 0.29) is 5.91 Å². The average molecular weight is 352 g/mol. The Bertz CT molecular complexity index is 848. The van der Waals surface area contributed by atoms with Gasteiger partial charge < -0.3 is 4.74 Å². The summed E-state index contributed by atoms with van der Waals surface area (Å²) in [5.41, 5.74) is 6.23. The van der Waals surface area contributed by atoms with Gasteiger partial charge in [-0.15, -0.1) is 11.3 Å². The average Bonchev–Trinajstić information content (AvgIpc) is 3.20. The van der Waals surface area contributed by atoms with Gasteiger partial charge in [-0.1, -0.05) is 42.5 Å². The zero-order valence-electron chi connectivity index (χ0n) is 13.3. The number of carbonyl (C=O) groups excluding carboxylic acids is 2. The molecule has 2 amide bonds. The van der Waals surface area contributed by atoms with Crippen LogP contribution in [0.5, 0.6) is 5.75 Å². The second-order valence-electron chi connectivity index (χ2n) is 5.19. The summed E-state index contributed by atoms with van der Waals surface area (Å²) < 4.78 is 5.70. The summed E-state index contributed by atoms with van der Waals surface area (Å²) in [4.78, 5) is 24.5. The van der Waals surface area contributed by atoms with Crippen LogP contribution in [-0.4, -0.2) is 11.8 Å². The maximum Gasteiger partial charge on any atom is 0.279 e. The van der Waals surface area contributed by atoms with E-state index in [4.69, 9.17) is 4.74 Å². The van der Waals surface area contributed by atoms with Crippen LogP contribution in [0.15, 0.2) is 72.1 Å². The number of hydrogen-bond acceptors (Lipinski definition) is 4. The molecule has 5 nitrogen and oxygen atoms in total. The first-order chi connectivity index (χ1) is 12.2. The minimum absolute atomic E-state index is 0.347. The molecule has 6 heteroatoms. The highest BCUT2D eigenvalue weighted by Gasteiger charge is 2.10. The first-order valence-corrected chi connectivity index (χ1v) is 8.51. The highest BCUT2D eigenvalue weighted by atomic mass is 32.1. The van der Waals surface area contributed by atoms with E-state index in [1.807, 2.05) is 30.3 Å². The first kappa shape index (κ1) is 16.7. The summed E-state index contributed by atoms with van der Waals surface area (Å²) in [6, 6.07) is 20.0. The minimum Gasteiger partial charge on any atom is -0.489 e. The van der Waals surface area contributed by atoms with Gasteiger partial charge in [-0.2, -0.15) is 0 Å². The van der Waals surface area contributed by atoms with E-state index in [9.17, 15) is 9.59 Å². The van der Waals surface area contributed by atoms with Crippen molar-refractivity contribution in [3.63, 3.8) is 0 Å². The smallest absolute Gasteiger partial charge is 0.279 e. The largest absolute Gasteiger partial charge is 0.489 e. The van der Waals surface area contributed by atoms with Gasteiger partial charge in [-0.05, 0) is 35.2 Å². The molecule has 1 heterocycles. The number of rotatable bonds is 5. The lowest BCUT2D eigenvalue weighted by atomic mass is 10.2. The molecule has 3 aromatic rings.